The van der Waals surface area contributed by atoms with E-state index >= 15 is 0 Å². The SMILES string of the molecule is C=C(C)c1ccc(C(F)(F)F)c(C(F)(F)F)c1. The molecule has 1 rings (SSSR count). The van der Waals surface area contributed by atoms with Gasteiger partial charge in [-0.1, -0.05) is 18.2 Å². The summed E-state index contributed by atoms with van der Waals surface area (Å²) in [5.74, 6) is 0. The minimum atomic E-state index is -5.05. The molecule has 0 amide bonds. The summed E-state index contributed by atoms with van der Waals surface area (Å²) >= 11 is 0. The van der Waals surface area contributed by atoms with E-state index in [1.165, 1.54) is 6.92 Å². The van der Waals surface area contributed by atoms with Gasteiger partial charge < -0.3 is 0 Å². The van der Waals surface area contributed by atoms with E-state index in [0.717, 1.165) is 6.07 Å². The van der Waals surface area contributed by atoms with Gasteiger partial charge in [-0.3, -0.25) is 0 Å². The first-order valence-electron chi connectivity index (χ1n) is 4.48. The molecule has 0 nitrogen and oxygen atoms in total. The summed E-state index contributed by atoms with van der Waals surface area (Å²) in [6.45, 7) is 4.81. The zero-order valence-corrected chi connectivity index (χ0v) is 8.71. The maximum absolute atomic E-state index is 12.5. The van der Waals surface area contributed by atoms with Crippen molar-refractivity contribution in [1.82, 2.24) is 0 Å². The van der Waals surface area contributed by atoms with Crippen molar-refractivity contribution in [3.05, 3.63) is 41.5 Å². The lowest BCUT2D eigenvalue weighted by Crippen LogP contribution is -2.16. The molecule has 1 aromatic rings. The lowest BCUT2D eigenvalue weighted by Gasteiger charge is -2.16. The lowest BCUT2D eigenvalue weighted by atomic mass is 10.00. The Morgan fingerprint density at radius 2 is 1.41 bits per heavy atom. The second-order valence-corrected chi connectivity index (χ2v) is 3.54. The largest absolute Gasteiger partial charge is 0.417 e. The van der Waals surface area contributed by atoms with E-state index in [9.17, 15) is 26.3 Å². The zero-order chi connectivity index (χ0) is 13.4. The number of halogens is 6. The van der Waals surface area contributed by atoms with Gasteiger partial charge in [-0.15, -0.1) is 0 Å². The minimum absolute atomic E-state index is 0.0327. The summed E-state index contributed by atoms with van der Waals surface area (Å²) in [5, 5.41) is 0. The van der Waals surface area contributed by atoms with Crippen LogP contribution in [0.25, 0.3) is 5.57 Å². The van der Waals surface area contributed by atoms with Crippen LogP contribution < -0.4 is 0 Å². The van der Waals surface area contributed by atoms with Crippen molar-refractivity contribution in [2.45, 2.75) is 19.3 Å². The van der Waals surface area contributed by atoms with Crippen LogP contribution in [0.5, 0.6) is 0 Å². The Morgan fingerprint density at radius 1 is 0.941 bits per heavy atom. The molecule has 0 atom stereocenters. The Labute approximate surface area is 93.6 Å². The van der Waals surface area contributed by atoms with Crippen molar-refractivity contribution in [2.75, 3.05) is 0 Å². The molecule has 0 fully saturated rings. The first kappa shape index (κ1) is 13.6. The predicted molar refractivity (Wildman–Crippen MR) is 51.2 cm³/mol. The third-order valence-electron chi connectivity index (χ3n) is 2.12. The highest BCUT2D eigenvalue weighted by atomic mass is 19.4. The number of allylic oxidation sites excluding steroid dienone is 1. The second kappa shape index (κ2) is 4.09. The van der Waals surface area contributed by atoms with Crippen LogP contribution in [0.3, 0.4) is 0 Å². The Morgan fingerprint density at radius 3 is 1.76 bits per heavy atom. The monoisotopic (exact) mass is 254 g/mol. The van der Waals surface area contributed by atoms with E-state index in [2.05, 4.69) is 6.58 Å². The van der Waals surface area contributed by atoms with Crippen LogP contribution in [0.1, 0.15) is 23.6 Å². The second-order valence-electron chi connectivity index (χ2n) is 3.54. The van der Waals surface area contributed by atoms with Gasteiger partial charge in [0.1, 0.15) is 0 Å². The van der Waals surface area contributed by atoms with E-state index in [0.29, 0.717) is 12.1 Å². The molecule has 0 saturated heterocycles. The van der Waals surface area contributed by atoms with E-state index in [-0.39, 0.29) is 11.1 Å². The van der Waals surface area contributed by atoms with E-state index in [1.807, 2.05) is 0 Å². The van der Waals surface area contributed by atoms with Gasteiger partial charge in [0.2, 0.25) is 0 Å². The van der Waals surface area contributed by atoms with Crippen LogP contribution in [-0.4, -0.2) is 0 Å². The average molecular weight is 254 g/mol. The van der Waals surface area contributed by atoms with Crippen LogP contribution >= 0.6 is 0 Å². The third kappa shape index (κ3) is 3.01. The molecule has 0 bridgehead atoms. The number of alkyl halides is 6. The average Bonchev–Trinajstić information content (AvgIpc) is 2.14. The molecular formula is C11H8F6. The summed E-state index contributed by atoms with van der Waals surface area (Å²) in [6, 6.07) is 1.86. The molecule has 0 aromatic heterocycles. The molecule has 94 valence electrons. The topological polar surface area (TPSA) is 0 Å². The molecular weight excluding hydrogens is 246 g/mol. The number of rotatable bonds is 1. The number of hydrogen-bond acceptors (Lipinski definition) is 0. The molecule has 0 saturated carbocycles. The van der Waals surface area contributed by atoms with E-state index < -0.39 is 23.5 Å². The van der Waals surface area contributed by atoms with Crippen LogP contribution in [0.15, 0.2) is 24.8 Å². The van der Waals surface area contributed by atoms with Crippen molar-refractivity contribution in [3.63, 3.8) is 0 Å². The fraction of sp³-hybridized carbons (Fsp3) is 0.273. The van der Waals surface area contributed by atoms with Crippen molar-refractivity contribution < 1.29 is 26.3 Å². The summed E-state index contributed by atoms with van der Waals surface area (Å²) < 4.78 is 74.6. The molecule has 17 heavy (non-hydrogen) atoms. The van der Waals surface area contributed by atoms with Crippen molar-refractivity contribution in [1.29, 1.82) is 0 Å². The third-order valence-corrected chi connectivity index (χ3v) is 2.12. The molecule has 0 radical (unpaired) electrons. The molecule has 0 aliphatic rings. The molecule has 1 aromatic carbocycles. The molecule has 0 aliphatic carbocycles. The van der Waals surface area contributed by atoms with Crippen LogP contribution in [0.4, 0.5) is 26.3 Å². The highest BCUT2D eigenvalue weighted by Crippen LogP contribution is 2.41. The molecule has 0 unspecified atom stereocenters. The predicted octanol–water partition coefficient (Wildman–Crippen LogP) is 4.76. The molecule has 6 heteroatoms. The Kier molecular flexibility index (Phi) is 3.27. The Balaban J connectivity index is 3.49. The smallest absolute Gasteiger partial charge is 0.166 e. The Bertz CT molecular complexity index is 438. The van der Waals surface area contributed by atoms with Gasteiger partial charge in [-0.25, -0.2) is 0 Å². The first-order chi connectivity index (χ1) is 7.53. The highest BCUT2D eigenvalue weighted by molar-refractivity contribution is 5.63. The van der Waals surface area contributed by atoms with Gasteiger partial charge in [-0.2, -0.15) is 26.3 Å². The highest BCUT2D eigenvalue weighted by Gasteiger charge is 2.42. The zero-order valence-electron chi connectivity index (χ0n) is 8.71. The quantitative estimate of drug-likeness (QED) is 0.634. The summed E-state index contributed by atoms with van der Waals surface area (Å²) in [4.78, 5) is 0. The van der Waals surface area contributed by atoms with Crippen LogP contribution in [-0.2, 0) is 12.4 Å². The number of hydrogen-bond donors (Lipinski definition) is 0. The minimum Gasteiger partial charge on any atom is -0.166 e. The summed E-state index contributed by atoms with van der Waals surface area (Å²) in [6.07, 6.45) is -10.1. The van der Waals surface area contributed by atoms with Gasteiger partial charge in [0.25, 0.3) is 0 Å². The van der Waals surface area contributed by atoms with Gasteiger partial charge >= 0.3 is 12.4 Å². The standard InChI is InChI=1S/C11H8F6/c1-6(2)7-3-4-8(10(12,13)14)9(5-7)11(15,16)17/h3-5H,1H2,2H3. The molecule has 0 N–H and O–H groups in total. The maximum atomic E-state index is 12.5. The summed E-state index contributed by atoms with van der Waals surface area (Å²) in [5.41, 5.74) is -3.07. The van der Waals surface area contributed by atoms with Crippen molar-refractivity contribution >= 4 is 5.57 Å². The van der Waals surface area contributed by atoms with Gasteiger partial charge in [0.05, 0.1) is 11.1 Å². The van der Waals surface area contributed by atoms with Crippen molar-refractivity contribution in [3.8, 4) is 0 Å². The normalized spacial score (nSPS) is 12.6. The molecule has 0 spiro atoms. The number of benzene rings is 1. The van der Waals surface area contributed by atoms with E-state index in [4.69, 9.17) is 0 Å². The molecule has 0 heterocycles. The van der Waals surface area contributed by atoms with Gasteiger partial charge in [0.15, 0.2) is 0 Å². The van der Waals surface area contributed by atoms with Crippen molar-refractivity contribution in [2.24, 2.45) is 0 Å². The van der Waals surface area contributed by atoms with Crippen LogP contribution in [0, 0.1) is 0 Å². The van der Waals surface area contributed by atoms with Gasteiger partial charge in [-0.05, 0) is 24.6 Å². The molecule has 0 aliphatic heterocycles. The first-order valence-corrected chi connectivity index (χ1v) is 4.48. The maximum Gasteiger partial charge on any atom is 0.417 e. The fourth-order valence-corrected chi connectivity index (χ4v) is 1.29. The van der Waals surface area contributed by atoms with E-state index in [1.54, 1.807) is 0 Å². The fourth-order valence-electron chi connectivity index (χ4n) is 1.29. The van der Waals surface area contributed by atoms with Gasteiger partial charge in [0, 0.05) is 0 Å². The lowest BCUT2D eigenvalue weighted by molar-refractivity contribution is -0.162. The Hall–Kier alpha value is -1.46. The van der Waals surface area contributed by atoms with Crippen LogP contribution in [0.2, 0.25) is 0 Å². The summed E-state index contributed by atoms with van der Waals surface area (Å²) in [7, 11) is 0.